The predicted molar refractivity (Wildman–Crippen MR) is 76.0 cm³/mol. The number of alkyl halides is 1. The zero-order chi connectivity index (χ0) is 11.5. The third kappa shape index (κ3) is 3.45. The van der Waals surface area contributed by atoms with E-state index in [1.165, 1.54) is 11.1 Å². The third-order valence-electron chi connectivity index (χ3n) is 2.46. The van der Waals surface area contributed by atoms with Gasteiger partial charge in [0, 0.05) is 5.56 Å². The summed E-state index contributed by atoms with van der Waals surface area (Å²) in [7, 11) is 0. The molecule has 2 aromatic rings. The maximum absolute atomic E-state index is 5.79. The van der Waals surface area contributed by atoms with Crippen molar-refractivity contribution in [1.82, 2.24) is 4.98 Å². The minimum absolute atomic E-state index is 0. The average Bonchev–Trinajstić information content (AvgIpc) is 2.28. The molecule has 0 bridgehead atoms. The summed E-state index contributed by atoms with van der Waals surface area (Å²) in [6.07, 6.45) is 0. The second kappa shape index (κ2) is 6.04. The molecule has 0 N–H and O–H groups in total. The maximum atomic E-state index is 5.79. The highest BCUT2D eigenvalue weighted by Crippen LogP contribution is 2.20. The fourth-order valence-corrected chi connectivity index (χ4v) is 1.99. The first kappa shape index (κ1) is 14.0. The molecule has 0 amide bonds. The minimum Gasteiger partial charge on any atom is -0.252 e. The van der Waals surface area contributed by atoms with Crippen molar-refractivity contribution in [2.75, 3.05) is 0 Å². The largest absolute Gasteiger partial charge is 0.252 e. The first-order chi connectivity index (χ1) is 7.69. The summed E-state index contributed by atoms with van der Waals surface area (Å²) >= 11 is 5.79. The van der Waals surface area contributed by atoms with Gasteiger partial charge < -0.3 is 0 Å². The molecule has 0 fully saturated rings. The molecule has 1 aromatic carbocycles. The summed E-state index contributed by atoms with van der Waals surface area (Å²) in [6, 6.07) is 12.4. The molecule has 0 aliphatic carbocycles. The Hall–Kier alpha value is -1.05. The minimum atomic E-state index is 0. The third-order valence-corrected chi connectivity index (χ3v) is 2.73. The molecule has 0 saturated heterocycles. The van der Waals surface area contributed by atoms with Crippen LogP contribution in [0.15, 0.2) is 36.4 Å². The molecule has 1 aromatic heterocycles. The molecular weight excluding hydrogens is 253 g/mol. The Labute approximate surface area is 113 Å². The maximum Gasteiger partial charge on any atom is 0.0706 e. The number of pyridine rings is 1. The number of nitrogens with zero attached hydrogens (tertiary/aromatic N) is 1. The van der Waals surface area contributed by atoms with Crippen LogP contribution in [0.4, 0.5) is 0 Å². The van der Waals surface area contributed by atoms with Crippen molar-refractivity contribution in [2.24, 2.45) is 0 Å². The molecule has 0 unspecified atom stereocenters. The zero-order valence-corrected chi connectivity index (χ0v) is 11.5. The number of halogens is 2. The molecule has 0 aliphatic rings. The summed E-state index contributed by atoms with van der Waals surface area (Å²) in [5, 5.41) is 0. The van der Waals surface area contributed by atoms with E-state index in [1.807, 2.05) is 18.2 Å². The van der Waals surface area contributed by atoms with Crippen molar-refractivity contribution in [3.63, 3.8) is 0 Å². The Morgan fingerprint density at radius 1 is 1.06 bits per heavy atom. The topological polar surface area (TPSA) is 12.9 Å². The molecule has 0 spiro atoms. The monoisotopic (exact) mass is 267 g/mol. The summed E-state index contributed by atoms with van der Waals surface area (Å²) in [5.74, 6) is 0.457. The summed E-state index contributed by atoms with van der Waals surface area (Å²) in [5.41, 5.74) is 5.58. The van der Waals surface area contributed by atoms with Gasteiger partial charge in [0.1, 0.15) is 0 Å². The fraction of sp³-hybridized carbons (Fsp3) is 0.214. The van der Waals surface area contributed by atoms with Crippen molar-refractivity contribution in [3.05, 3.63) is 53.2 Å². The van der Waals surface area contributed by atoms with Crippen LogP contribution in [-0.2, 0) is 5.88 Å². The van der Waals surface area contributed by atoms with Crippen LogP contribution in [0.5, 0.6) is 0 Å². The molecule has 0 radical (unpaired) electrons. The van der Waals surface area contributed by atoms with Crippen molar-refractivity contribution in [3.8, 4) is 11.3 Å². The van der Waals surface area contributed by atoms with Crippen LogP contribution in [0.25, 0.3) is 11.3 Å². The van der Waals surface area contributed by atoms with Gasteiger partial charge in [-0.1, -0.05) is 23.3 Å². The molecule has 90 valence electrons. The Morgan fingerprint density at radius 2 is 1.71 bits per heavy atom. The zero-order valence-electron chi connectivity index (χ0n) is 9.90. The van der Waals surface area contributed by atoms with Crippen LogP contribution in [0.2, 0.25) is 0 Å². The van der Waals surface area contributed by atoms with Crippen LogP contribution in [0, 0.1) is 13.8 Å². The SMILES string of the molecule is Cc1cc(C)cc(-c2cccc(CCl)n2)c1.Cl. The number of rotatable bonds is 2. The highest BCUT2D eigenvalue weighted by molar-refractivity contribution is 6.16. The van der Waals surface area contributed by atoms with Crippen molar-refractivity contribution in [2.45, 2.75) is 19.7 Å². The van der Waals surface area contributed by atoms with Crippen LogP contribution in [-0.4, -0.2) is 4.98 Å². The lowest BCUT2D eigenvalue weighted by Gasteiger charge is -2.05. The van der Waals surface area contributed by atoms with Gasteiger partial charge in [-0.2, -0.15) is 0 Å². The number of hydrogen-bond donors (Lipinski definition) is 0. The van der Waals surface area contributed by atoms with Crippen molar-refractivity contribution in [1.29, 1.82) is 0 Å². The van der Waals surface area contributed by atoms with Gasteiger partial charge >= 0.3 is 0 Å². The Kier molecular flexibility index (Phi) is 4.98. The van der Waals surface area contributed by atoms with E-state index in [9.17, 15) is 0 Å². The number of aromatic nitrogens is 1. The van der Waals surface area contributed by atoms with Gasteiger partial charge in [-0.05, 0) is 38.1 Å². The molecule has 0 atom stereocenters. The summed E-state index contributed by atoms with van der Waals surface area (Å²) < 4.78 is 0. The van der Waals surface area contributed by atoms with Gasteiger partial charge in [0.2, 0.25) is 0 Å². The lowest BCUT2D eigenvalue weighted by Crippen LogP contribution is -1.90. The van der Waals surface area contributed by atoms with E-state index in [2.05, 4.69) is 37.0 Å². The van der Waals surface area contributed by atoms with Crippen LogP contribution < -0.4 is 0 Å². The van der Waals surface area contributed by atoms with Gasteiger partial charge in [0.25, 0.3) is 0 Å². The smallest absolute Gasteiger partial charge is 0.0706 e. The lowest BCUT2D eigenvalue weighted by atomic mass is 10.0. The molecule has 1 nitrogen and oxygen atoms in total. The first-order valence-corrected chi connectivity index (χ1v) is 5.83. The summed E-state index contributed by atoms with van der Waals surface area (Å²) in [6.45, 7) is 4.20. The normalized spacial score (nSPS) is 9.82. The number of benzene rings is 1. The van der Waals surface area contributed by atoms with E-state index >= 15 is 0 Å². The summed E-state index contributed by atoms with van der Waals surface area (Å²) in [4.78, 5) is 4.51. The fourth-order valence-electron chi connectivity index (χ4n) is 1.84. The highest BCUT2D eigenvalue weighted by atomic mass is 35.5. The molecule has 17 heavy (non-hydrogen) atoms. The molecule has 1 heterocycles. The van der Waals surface area contributed by atoms with E-state index in [4.69, 9.17) is 11.6 Å². The van der Waals surface area contributed by atoms with E-state index in [0.717, 1.165) is 17.0 Å². The quantitative estimate of drug-likeness (QED) is 0.729. The highest BCUT2D eigenvalue weighted by Gasteiger charge is 2.02. The van der Waals surface area contributed by atoms with Crippen molar-refractivity contribution < 1.29 is 0 Å². The van der Waals surface area contributed by atoms with Crippen LogP contribution >= 0.6 is 24.0 Å². The first-order valence-electron chi connectivity index (χ1n) is 5.29. The molecule has 0 aliphatic heterocycles. The molecule has 2 rings (SSSR count). The van der Waals surface area contributed by atoms with Gasteiger partial charge in [-0.25, -0.2) is 0 Å². The van der Waals surface area contributed by atoms with Gasteiger partial charge in [0.05, 0.1) is 17.3 Å². The van der Waals surface area contributed by atoms with Crippen LogP contribution in [0.3, 0.4) is 0 Å². The van der Waals surface area contributed by atoms with E-state index < -0.39 is 0 Å². The number of hydrogen-bond acceptors (Lipinski definition) is 1. The van der Waals surface area contributed by atoms with E-state index in [0.29, 0.717) is 5.88 Å². The lowest BCUT2D eigenvalue weighted by molar-refractivity contribution is 1.17. The van der Waals surface area contributed by atoms with E-state index in [-0.39, 0.29) is 12.4 Å². The molecule has 0 saturated carbocycles. The Balaban J connectivity index is 0.00000144. The van der Waals surface area contributed by atoms with Crippen LogP contribution in [0.1, 0.15) is 16.8 Å². The van der Waals surface area contributed by atoms with Gasteiger partial charge in [0.15, 0.2) is 0 Å². The average molecular weight is 268 g/mol. The Bertz CT molecular complexity index is 489. The molecule has 3 heteroatoms. The molecular formula is C14H15Cl2N. The second-order valence-electron chi connectivity index (χ2n) is 4.02. The Morgan fingerprint density at radius 3 is 2.29 bits per heavy atom. The van der Waals surface area contributed by atoms with Gasteiger partial charge in [-0.3, -0.25) is 4.98 Å². The predicted octanol–water partition coefficient (Wildman–Crippen LogP) is 4.53. The number of aryl methyl sites for hydroxylation is 2. The van der Waals surface area contributed by atoms with E-state index in [1.54, 1.807) is 0 Å². The second-order valence-corrected chi connectivity index (χ2v) is 4.29. The van der Waals surface area contributed by atoms with Crippen molar-refractivity contribution >= 4 is 24.0 Å². The van der Waals surface area contributed by atoms with Gasteiger partial charge in [-0.15, -0.1) is 24.0 Å². The standard InChI is InChI=1S/C14H14ClN.ClH/c1-10-6-11(2)8-12(7-10)14-5-3-4-13(9-15)16-14;/h3-8H,9H2,1-2H3;1H.